The number of anilines is 1. The number of piperidine rings is 1. The smallest absolute Gasteiger partial charge is 0.330 e. The summed E-state index contributed by atoms with van der Waals surface area (Å²) in [7, 11) is 1.29. The predicted molar refractivity (Wildman–Crippen MR) is 131 cm³/mol. The van der Waals surface area contributed by atoms with Gasteiger partial charge in [0, 0.05) is 19.2 Å². The average Bonchev–Trinajstić information content (AvgIpc) is 3.81. The number of ether oxygens (including phenoxy) is 2. The molecule has 10 heteroatoms. The van der Waals surface area contributed by atoms with Gasteiger partial charge in [-0.3, -0.25) is 4.79 Å². The van der Waals surface area contributed by atoms with Gasteiger partial charge < -0.3 is 19.3 Å². The van der Waals surface area contributed by atoms with E-state index < -0.39 is 17.8 Å². The molecular weight excluding hydrogens is 487 g/mol. The second-order valence-corrected chi connectivity index (χ2v) is 10.3. The Morgan fingerprint density at radius 2 is 1.94 bits per heavy atom. The molecule has 2 saturated heterocycles. The number of rotatable bonds is 9. The molecule has 3 fully saturated rings. The molecule has 1 aliphatic carbocycles. The first kappa shape index (κ1) is 24.7. The molecule has 0 spiro atoms. The highest BCUT2D eigenvalue weighted by Crippen LogP contribution is 2.49. The van der Waals surface area contributed by atoms with Gasteiger partial charge in [0.2, 0.25) is 11.9 Å². The number of carbonyl (C=O) groups is 2. The van der Waals surface area contributed by atoms with E-state index in [2.05, 4.69) is 19.6 Å². The third-order valence-corrected chi connectivity index (χ3v) is 7.74. The molecule has 1 saturated carbocycles. The summed E-state index contributed by atoms with van der Waals surface area (Å²) in [4.78, 5) is 36.0. The fraction of sp³-hybridized carbons (Fsp3) is 0.538. The van der Waals surface area contributed by atoms with Gasteiger partial charge in [-0.05, 0) is 55.1 Å². The van der Waals surface area contributed by atoms with Gasteiger partial charge >= 0.3 is 5.97 Å². The molecule has 3 heterocycles. The van der Waals surface area contributed by atoms with Crippen LogP contribution in [0.5, 0.6) is 5.75 Å². The number of benzene rings is 1. The third-order valence-electron chi connectivity index (χ3n) is 7.54. The number of methoxy groups -OCH3 is 1. The Kier molecular flexibility index (Phi) is 7.27. The summed E-state index contributed by atoms with van der Waals surface area (Å²) < 4.78 is 25.0. The normalized spacial score (nSPS) is 23.4. The lowest BCUT2D eigenvalue weighted by molar-refractivity contribution is -0.142. The quantitative estimate of drug-likeness (QED) is 0.372. The molecule has 3 unspecified atom stereocenters. The van der Waals surface area contributed by atoms with Crippen molar-refractivity contribution in [3.05, 3.63) is 47.0 Å². The number of carbonyl (C=O) groups excluding carboxylic acids is 2. The average molecular weight is 517 g/mol. The SMILES string of the molecule is COC(=O)C1CN1C(=O)Cc1ccc(OCCC2CC2C2CCN(c3ncc(Cl)cn3)CC2)cc1F. The van der Waals surface area contributed by atoms with Crippen molar-refractivity contribution in [1.29, 1.82) is 0 Å². The molecule has 0 N–H and O–H groups in total. The number of aromatic nitrogens is 2. The predicted octanol–water partition coefficient (Wildman–Crippen LogP) is 3.52. The standard InChI is InChI=1S/C26H30ClFN4O4/c1-35-25(34)23-15-32(23)24(33)11-18-2-3-20(12-22(18)28)36-9-6-17-10-21(17)16-4-7-31(8-5-16)26-29-13-19(27)14-30-26/h2-3,12-14,16-17,21,23H,4-11,15H2,1H3. The summed E-state index contributed by atoms with van der Waals surface area (Å²) in [6, 6.07) is 4.08. The maximum Gasteiger partial charge on any atom is 0.330 e. The summed E-state index contributed by atoms with van der Waals surface area (Å²) in [5, 5.41) is 0.549. The summed E-state index contributed by atoms with van der Waals surface area (Å²) in [5.41, 5.74) is 0.292. The summed E-state index contributed by atoms with van der Waals surface area (Å²) in [6.07, 6.45) is 7.64. The van der Waals surface area contributed by atoms with Crippen molar-refractivity contribution >= 4 is 29.4 Å². The first-order valence-corrected chi connectivity index (χ1v) is 12.8. The van der Waals surface area contributed by atoms with E-state index in [1.54, 1.807) is 24.5 Å². The fourth-order valence-corrected chi connectivity index (χ4v) is 5.38. The Balaban J connectivity index is 1.02. The molecule has 0 bridgehead atoms. The maximum absolute atomic E-state index is 14.5. The van der Waals surface area contributed by atoms with Crippen molar-refractivity contribution in [3.63, 3.8) is 0 Å². The van der Waals surface area contributed by atoms with Gasteiger partial charge in [-0.2, -0.15) is 0 Å². The molecule has 8 nitrogen and oxygen atoms in total. The first-order valence-electron chi connectivity index (χ1n) is 12.4. The second kappa shape index (κ2) is 10.6. The van der Waals surface area contributed by atoms with Gasteiger partial charge in [0.15, 0.2) is 0 Å². The van der Waals surface area contributed by atoms with Gasteiger partial charge in [-0.15, -0.1) is 0 Å². The third kappa shape index (κ3) is 5.72. The van der Waals surface area contributed by atoms with E-state index in [4.69, 9.17) is 16.3 Å². The zero-order chi connectivity index (χ0) is 25.2. The molecule has 5 rings (SSSR count). The van der Waals surface area contributed by atoms with Crippen LogP contribution in [0.3, 0.4) is 0 Å². The minimum Gasteiger partial charge on any atom is -0.493 e. The molecule has 0 radical (unpaired) electrons. The number of hydrogen-bond donors (Lipinski definition) is 0. The number of nitrogens with zero attached hydrogens (tertiary/aromatic N) is 4. The van der Waals surface area contributed by atoms with E-state index in [1.807, 2.05) is 0 Å². The molecule has 1 amide bonds. The van der Waals surface area contributed by atoms with Crippen molar-refractivity contribution in [3.8, 4) is 5.75 Å². The Morgan fingerprint density at radius 1 is 1.19 bits per heavy atom. The van der Waals surface area contributed by atoms with E-state index >= 15 is 0 Å². The maximum atomic E-state index is 14.5. The van der Waals surface area contributed by atoms with Gasteiger partial charge in [-0.1, -0.05) is 17.7 Å². The van der Waals surface area contributed by atoms with Crippen LogP contribution >= 0.6 is 11.6 Å². The van der Waals surface area contributed by atoms with Gasteiger partial charge in [0.25, 0.3) is 0 Å². The van der Waals surface area contributed by atoms with E-state index in [0.29, 0.717) is 41.3 Å². The molecule has 192 valence electrons. The van der Waals surface area contributed by atoms with Crippen LogP contribution in [-0.4, -0.2) is 66.1 Å². The number of esters is 1. The van der Waals surface area contributed by atoms with E-state index in [9.17, 15) is 14.0 Å². The number of hydrogen-bond acceptors (Lipinski definition) is 7. The van der Waals surface area contributed by atoms with Crippen LogP contribution in [0.15, 0.2) is 30.6 Å². The topological polar surface area (TPSA) is 84.6 Å². The molecule has 3 atom stereocenters. The van der Waals surface area contributed by atoms with Crippen LogP contribution in [0.2, 0.25) is 5.02 Å². The first-order chi connectivity index (χ1) is 17.4. The molecule has 1 aromatic carbocycles. The van der Waals surface area contributed by atoms with Crippen molar-refractivity contribution in [2.45, 2.75) is 38.1 Å². The monoisotopic (exact) mass is 516 g/mol. The highest BCUT2D eigenvalue weighted by atomic mass is 35.5. The molecule has 3 aliphatic rings. The minimum atomic E-state index is -0.538. The number of amides is 1. The lowest BCUT2D eigenvalue weighted by atomic mass is 9.90. The van der Waals surface area contributed by atoms with Crippen LogP contribution in [0.25, 0.3) is 0 Å². The lowest BCUT2D eigenvalue weighted by Crippen LogP contribution is -2.35. The zero-order valence-corrected chi connectivity index (χ0v) is 21.0. The molecule has 1 aromatic heterocycles. The fourth-order valence-electron chi connectivity index (χ4n) is 5.28. The zero-order valence-electron chi connectivity index (χ0n) is 20.2. The largest absolute Gasteiger partial charge is 0.493 e. The van der Waals surface area contributed by atoms with Crippen molar-refractivity contribution in [2.24, 2.45) is 17.8 Å². The van der Waals surface area contributed by atoms with Crippen molar-refractivity contribution in [1.82, 2.24) is 14.9 Å². The minimum absolute atomic E-state index is 0.0910. The Morgan fingerprint density at radius 3 is 2.64 bits per heavy atom. The summed E-state index contributed by atoms with van der Waals surface area (Å²) >= 11 is 5.88. The second-order valence-electron chi connectivity index (χ2n) is 9.84. The highest BCUT2D eigenvalue weighted by Gasteiger charge is 2.45. The Hall–Kier alpha value is -2.94. The molecule has 2 aliphatic heterocycles. The number of halogens is 2. The van der Waals surface area contributed by atoms with E-state index in [1.165, 1.54) is 24.5 Å². The van der Waals surface area contributed by atoms with Gasteiger partial charge in [0.1, 0.15) is 17.6 Å². The van der Waals surface area contributed by atoms with Crippen LogP contribution < -0.4 is 9.64 Å². The Labute approximate surface area is 214 Å². The van der Waals surface area contributed by atoms with Gasteiger partial charge in [0.05, 0.1) is 44.1 Å². The van der Waals surface area contributed by atoms with Crippen molar-refractivity contribution in [2.75, 3.05) is 38.3 Å². The highest BCUT2D eigenvalue weighted by molar-refractivity contribution is 6.30. The molecule has 2 aromatic rings. The van der Waals surface area contributed by atoms with E-state index in [-0.39, 0.29) is 12.3 Å². The van der Waals surface area contributed by atoms with Crippen LogP contribution in [0.4, 0.5) is 10.3 Å². The van der Waals surface area contributed by atoms with Crippen molar-refractivity contribution < 1.29 is 23.5 Å². The summed E-state index contributed by atoms with van der Waals surface area (Å²) in [6.45, 7) is 2.79. The van der Waals surface area contributed by atoms with Crippen LogP contribution in [-0.2, 0) is 20.7 Å². The van der Waals surface area contributed by atoms with E-state index in [0.717, 1.165) is 44.2 Å². The lowest BCUT2D eigenvalue weighted by Gasteiger charge is -2.32. The molecule has 36 heavy (non-hydrogen) atoms. The summed E-state index contributed by atoms with van der Waals surface area (Å²) in [5.74, 6) is 2.12. The van der Waals surface area contributed by atoms with Gasteiger partial charge in [-0.25, -0.2) is 19.2 Å². The molecular formula is C26H30ClFN4O4. The van der Waals surface area contributed by atoms with Crippen LogP contribution in [0.1, 0.15) is 31.2 Å². The Bertz CT molecular complexity index is 1110. The van der Waals surface area contributed by atoms with Crippen LogP contribution in [0, 0.1) is 23.6 Å².